The number of amides is 1. The minimum absolute atomic E-state index is 0.00310. The largest absolute Gasteiger partial charge is 0.372 e. The number of rotatable bonds is 6. The number of nitrogens with one attached hydrogen (secondary N) is 1. The summed E-state index contributed by atoms with van der Waals surface area (Å²) in [5.41, 5.74) is 2.07. The van der Waals surface area contributed by atoms with Gasteiger partial charge < -0.3 is 10.2 Å². The highest BCUT2D eigenvalue weighted by Gasteiger charge is 2.11. The maximum absolute atomic E-state index is 12.0. The Kier molecular flexibility index (Phi) is 5.68. The Morgan fingerprint density at radius 3 is 2.62 bits per heavy atom. The first-order valence-corrected chi connectivity index (χ1v) is 9.21. The van der Waals surface area contributed by atoms with Crippen LogP contribution in [-0.4, -0.2) is 45.0 Å². The molecule has 0 bridgehead atoms. The highest BCUT2D eigenvalue weighted by molar-refractivity contribution is 7.99. The number of tetrazole rings is 1. The van der Waals surface area contributed by atoms with Gasteiger partial charge in [0.1, 0.15) is 0 Å². The van der Waals surface area contributed by atoms with Gasteiger partial charge in [0.05, 0.1) is 0 Å². The highest BCUT2D eigenvalue weighted by Crippen LogP contribution is 2.22. The van der Waals surface area contributed by atoms with E-state index in [-0.39, 0.29) is 5.91 Å². The van der Waals surface area contributed by atoms with Crippen molar-refractivity contribution in [1.82, 2.24) is 20.2 Å². The van der Waals surface area contributed by atoms with Crippen LogP contribution in [0.1, 0.15) is 25.7 Å². The van der Waals surface area contributed by atoms with Gasteiger partial charge in [-0.15, -0.1) is 5.10 Å². The van der Waals surface area contributed by atoms with Crippen LogP contribution in [0, 0.1) is 0 Å². The molecule has 2 heterocycles. The minimum atomic E-state index is 0.00310. The fraction of sp³-hybridized carbons (Fsp3) is 0.500. The summed E-state index contributed by atoms with van der Waals surface area (Å²) in [6, 6.07) is 8.12. The van der Waals surface area contributed by atoms with E-state index in [4.69, 9.17) is 0 Å². The van der Waals surface area contributed by atoms with Crippen molar-refractivity contribution in [2.75, 3.05) is 29.1 Å². The van der Waals surface area contributed by atoms with Gasteiger partial charge in [-0.1, -0.05) is 11.8 Å². The van der Waals surface area contributed by atoms with E-state index < -0.39 is 0 Å². The monoisotopic (exact) mass is 346 g/mol. The molecule has 0 saturated carbocycles. The van der Waals surface area contributed by atoms with Crippen LogP contribution in [-0.2, 0) is 11.8 Å². The molecule has 0 aliphatic carbocycles. The van der Waals surface area contributed by atoms with Crippen molar-refractivity contribution in [3.05, 3.63) is 24.3 Å². The Morgan fingerprint density at radius 2 is 1.96 bits per heavy atom. The Labute approximate surface area is 145 Å². The molecule has 0 atom stereocenters. The van der Waals surface area contributed by atoms with Crippen molar-refractivity contribution in [1.29, 1.82) is 0 Å². The lowest BCUT2D eigenvalue weighted by molar-refractivity contribution is -0.115. The van der Waals surface area contributed by atoms with Crippen molar-refractivity contribution >= 4 is 29.0 Å². The highest BCUT2D eigenvalue weighted by atomic mass is 32.2. The van der Waals surface area contributed by atoms with E-state index in [9.17, 15) is 4.79 Å². The molecule has 1 aromatic carbocycles. The van der Waals surface area contributed by atoms with Crippen molar-refractivity contribution in [2.45, 2.75) is 30.8 Å². The number of hydrogen-bond donors (Lipinski definition) is 1. The topological polar surface area (TPSA) is 75.9 Å². The normalized spacial score (nSPS) is 14.6. The van der Waals surface area contributed by atoms with E-state index in [2.05, 4.69) is 37.9 Å². The van der Waals surface area contributed by atoms with E-state index in [0.29, 0.717) is 17.3 Å². The number of hydrogen-bond acceptors (Lipinski definition) is 6. The minimum Gasteiger partial charge on any atom is -0.372 e. The molecule has 0 spiro atoms. The maximum Gasteiger partial charge on any atom is 0.225 e. The number of piperidine rings is 1. The SMILES string of the molecule is Cn1nnnc1SCCC(=O)Nc1ccc(N2CCCCC2)cc1. The average Bonchev–Trinajstić information content (AvgIpc) is 3.01. The standard InChI is InChI=1S/C16H22N6OS/c1-21-16(18-19-20-21)24-12-9-15(23)17-13-5-7-14(8-6-13)22-10-3-2-4-11-22/h5-8H,2-4,9-12H2,1H3,(H,17,23). The predicted molar refractivity (Wildman–Crippen MR) is 95.3 cm³/mol. The molecule has 128 valence electrons. The van der Waals surface area contributed by atoms with Crippen LogP contribution in [0.3, 0.4) is 0 Å². The van der Waals surface area contributed by atoms with E-state index in [1.54, 1.807) is 11.7 Å². The summed E-state index contributed by atoms with van der Waals surface area (Å²) in [4.78, 5) is 14.4. The van der Waals surface area contributed by atoms with Crippen molar-refractivity contribution < 1.29 is 4.79 Å². The molecule has 1 aromatic heterocycles. The summed E-state index contributed by atoms with van der Waals surface area (Å²) in [5, 5.41) is 14.9. The van der Waals surface area contributed by atoms with Gasteiger partial charge in [0, 0.05) is 43.7 Å². The smallest absolute Gasteiger partial charge is 0.225 e. The number of carbonyl (C=O) groups excluding carboxylic acids is 1. The molecule has 1 fully saturated rings. The van der Waals surface area contributed by atoms with Gasteiger partial charge in [0.15, 0.2) is 0 Å². The molecule has 2 aromatic rings. The van der Waals surface area contributed by atoms with Gasteiger partial charge in [-0.3, -0.25) is 4.79 Å². The number of anilines is 2. The Hall–Kier alpha value is -2.09. The Balaban J connectivity index is 1.45. The van der Waals surface area contributed by atoms with Gasteiger partial charge in [0.2, 0.25) is 11.1 Å². The zero-order valence-electron chi connectivity index (χ0n) is 13.8. The summed E-state index contributed by atoms with van der Waals surface area (Å²) in [6.07, 6.45) is 4.27. The van der Waals surface area contributed by atoms with Crippen LogP contribution in [0.15, 0.2) is 29.4 Å². The fourth-order valence-corrected chi connectivity index (χ4v) is 3.50. The molecular formula is C16H22N6OS. The molecule has 8 heteroatoms. The number of nitrogens with zero attached hydrogens (tertiary/aromatic N) is 5. The Morgan fingerprint density at radius 1 is 1.21 bits per heavy atom. The van der Waals surface area contributed by atoms with Crippen LogP contribution in [0.25, 0.3) is 0 Å². The molecule has 1 aliphatic heterocycles. The number of thioether (sulfide) groups is 1. The van der Waals surface area contributed by atoms with Crippen molar-refractivity contribution in [3.8, 4) is 0 Å². The lowest BCUT2D eigenvalue weighted by Crippen LogP contribution is -2.29. The first-order valence-electron chi connectivity index (χ1n) is 8.22. The van der Waals surface area contributed by atoms with E-state index in [1.807, 2.05) is 12.1 Å². The molecule has 1 aliphatic rings. The first-order chi connectivity index (χ1) is 11.7. The second kappa shape index (κ2) is 8.14. The summed E-state index contributed by atoms with van der Waals surface area (Å²) in [6.45, 7) is 2.25. The Bertz CT molecular complexity index is 665. The van der Waals surface area contributed by atoms with Crippen LogP contribution >= 0.6 is 11.8 Å². The summed E-state index contributed by atoms with van der Waals surface area (Å²) >= 11 is 1.47. The number of benzene rings is 1. The maximum atomic E-state index is 12.0. The van der Waals surface area contributed by atoms with Gasteiger partial charge in [-0.05, 0) is 54.0 Å². The van der Waals surface area contributed by atoms with Crippen molar-refractivity contribution in [2.24, 2.45) is 7.05 Å². The lowest BCUT2D eigenvalue weighted by Gasteiger charge is -2.28. The van der Waals surface area contributed by atoms with Gasteiger partial charge >= 0.3 is 0 Å². The van der Waals surface area contributed by atoms with Crippen LogP contribution < -0.4 is 10.2 Å². The quantitative estimate of drug-likeness (QED) is 0.809. The van der Waals surface area contributed by atoms with Gasteiger partial charge in [0.25, 0.3) is 0 Å². The zero-order chi connectivity index (χ0) is 16.8. The molecule has 7 nitrogen and oxygen atoms in total. The molecule has 1 saturated heterocycles. The molecule has 0 radical (unpaired) electrons. The summed E-state index contributed by atoms with van der Waals surface area (Å²) in [5.74, 6) is 0.648. The van der Waals surface area contributed by atoms with Crippen LogP contribution in [0.5, 0.6) is 0 Å². The van der Waals surface area contributed by atoms with Gasteiger partial charge in [-0.25, -0.2) is 4.68 Å². The van der Waals surface area contributed by atoms with E-state index in [0.717, 1.165) is 18.8 Å². The molecule has 1 amide bonds. The average molecular weight is 346 g/mol. The third kappa shape index (κ3) is 4.47. The second-order valence-electron chi connectivity index (χ2n) is 5.83. The number of aryl methyl sites for hydroxylation is 1. The molecular weight excluding hydrogens is 324 g/mol. The van der Waals surface area contributed by atoms with Crippen LogP contribution in [0.4, 0.5) is 11.4 Å². The third-order valence-electron chi connectivity index (χ3n) is 4.01. The first kappa shape index (κ1) is 16.8. The van der Waals surface area contributed by atoms with E-state index in [1.165, 1.54) is 36.7 Å². The van der Waals surface area contributed by atoms with Gasteiger partial charge in [-0.2, -0.15) is 0 Å². The zero-order valence-corrected chi connectivity index (χ0v) is 14.6. The third-order valence-corrected chi connectivity index (χ3v) is 5.03. The molecule has 24 heavy (non-hydrogen) atoms. The molecule has 1 N–H and O–H groups in total. The number of aromatic nitrogens is 4. The molecule has 0 unspecified atom stereocenters. The molecule has 3 rings (SSSR count). The predicted octanol–water partition coefficient (Wildman–Crippen LogP) is 2.32. The fourth-order valence-electron chi connectivity index (χ4n) is 2.71. The lowest BCUT2D eigenvalue weighted by atomic mass is 10.1. The van der Waals surface area contributed by atoms with Crippen molar-refractivity contribution in [3.63, 3.8) is 0 Å². The summed E-state index contributed by atoms with van der Waals surface area (Å²) < 4.78 is 1.60. The summed E-state index contributed by atoms with van der Waals surface area (Å²) in [7, 11) is 1.78. The second-order valence-corrected chi connectivity index (χ2v) is 6.89. The number of carbonyl (C=O) groups is 1. The van der Waals surface area contributed by atoms with E-state index >= 15 is 0 Å². The van der Waals surface area contributed by atoms with Crippen LogP contribution in [0.2, 0.25) is 0 Å².